The van der Waals surface area contributed by atoms with Crippen molar-refractivity contribution in [2.24, 2.45) is 0 Å². The molecule has 1 N–H and O–H groups in total. The van der Waals surface area contributed by atoms with Gasteiger partial charge in [0.15, 0.2) is 0 Å². The molecule has 0 amide bonds. The lowest BCUT2D eigenvalue weighted by Crippen LogP contribution is -2.16. The van der Waals surface area contributed by atoms with Gasteiger partial charge in [0, 0.05) is 26.1 Å². The number of hydrogen-bond donors (Lipinski definition) is 1. The Hall–Kier alpha value is -2.30. The van der Waals surface area contributed by atoms with Crippen LogP contribution in [-0.2, 0) is 6.42 Å². The van der Waals surface area contributed by atoms with Crippen molar-refractivity contribution in [3.8, 4) is 5.75 Å². The van der Waals surface area contributed by atoms with E-state index in [1.165, 1.54) is 0 Å². The Morgan fingerprint density at radius 3 is 2.57 bits per heavy atom. The Labute approximate surface area is 126 Å². The van der Waals surface area contributed by atoms with Gasteiger partial charge < -0.3 is 15.0 Å². The van der Waals surface area contributed by atoms with Crippen LogP contribution < -0.4 is 15.0 Å². The molecule has 0 saturated carbocycles. The molecule has 2 rings (SSSR count). The van der Waals surface area contributed by atoms with Crippen LogP contribution in [0.2, 0.25) is 0 Å². The van der Waals surface area contributed by atoms with E-state index < -0.39 is 0 Å². The zero-order valence-corrected chi connectivity index (χ0v) is 13.3. The van der Waals surface area contributed by atoms with E-state index in [0.717, 1.165) is 40.9 Å². The number of methoxy groups -OCH3 is 1. The predicted molar refractivity (Wildman–Crippen MR) is 86.8 cm³/mol. The summed E-state index contributed by atoms with van der Waals surface area (Å²) in [7, 11) is 5.55. The first-order valence-electron chi connectivity index (χ1n) is 7.04. The summed E-state index contributed by atoms with van der Waals surface area (Å²) in [5.74, 6) is 3.39. The van der Waals surface area contributed by atoms with Crippen molar-refractivity contribution in [3.05, 3.63) is 35.7 Å². The largest absolute Gasteiger partial charge is 0.495 e. The van der Waals surface area contributed by atoms with Crippen molar-refractivity contribution in [3.63, 3.8) is 0 Å². The lowest BCUT2D eigenvalue weighted by atomic mass is 10.2. The highest BCUT2D eigenvalue weighted by Gasteiger charge is 2.16. The van der Waals surface area contributed by atoms with Crippen molar-refractivity contribution in [2.45, 2.75) is 20.3 Å². The minimum atomic E-state index is 0.793. The van der Waals surface area contributed by atoms with E-state index in [4.69, 9.17) is 4.74 Å². The van der Waals surface area contributed by atoms with Gasteiger partial charge >= 0.3 is 0 Å². The zero-order valence-electron chi connectivity index (χ0n) is 13.3. The second-order valence-corrected chi connectivity index (χ2v) is 4.77. The van der Waals surface area contributed by atoms with Crippen LogP contribution >= 0.6 is 0 Å². The van der Waals surface area contributed by atoms with Crippen LogP contribution in [0.15, 0.2) is 24.3 Å². The molecule has 0 bridgehead atoms. The smallest absolute Gasteiger partial charge is 0.142 e. The van der Waals surface area contributed by atoms with E-state index in [9.17, 15) is 0 Å². The molecule has 0 radical (unpaired) electrons. The third kappa shape index (κ3) is 2.91. The molecule has 0 fully saturated rings. The number of nitrogens with zero attached hydrogens (tertiary/aromatic N) is 3. The van der Waals surface area contributed by atoms with E-state index >= 15 is 0 Å². The summed E-state index contributed by atoms with van der Waals surface area (Å²) in [6.45, 7) is 4.07. The van der Waals surface area contributed by atoms with Crippen molar-refractivity contribution in [1.29, 1.82) is 0 Å². The summed E-state index contributed by atoms with van der Waals surface area (Å²) in [6, 6.07) is 7.91. The summed E-state index contributed by atoms with van der Waals surface area (Å²) < 4.78 is 5.44. The van der Waals surface area contributed by atoms with E-state index in [1.807, 2.05) is 50.2 Å². The SMILES string of the molecule is CCc1nc(NC)c(C)c(N(C)c2ccccc2OC)n1. The van der Waals surface area contributed by atoms with Crippen molar-refractivity contribution < 1.29 is 4.74 Å². The molecular weight excluding hydrogens is 264 g/mol. The highest BCUT2D eigenvalue weighted by molar-refractivity contribution is 5.71. The van der Waals surface area contributed by atoms with Gasteiger partial charge in [-0.2, -0.15) is 0 Å². The first kappa shape index (κ1) is 15.1. The number of rotatable bonds is 5. The van der Waals surface area contributed by atoms with Crippen molar-refractivity contribution >= 4 is 17.3 Å². The topological polar surface area (TPSA) is 50.3 Å². The van der Waals surface area contributed by atoms with Crippen LogP contribution in [0.5, 0.6) is 5.75 Å². The number of aromatic nitrogens is 2. The number of para-hydroxylation sites is 2. The summed E-state index contributed by atoms with van der Waals surface area (Å²) >= 11 is 0. The van der Waals surface area contributed by atoms with Crippen LogP contribution in [0.4, 0.5) is 17.3 Å². The molecule has 5 nitrogen and oxygen atoms in total. The van der Waals surface area contributed by atoms with Gasteiger partial charge in [0.25, 0.3) is 0 Å². The molecule has 0 atom stereocenters. The van der Waals surface area contributed by atoms with Crippen molar-refractivity contribution in [1.82, 2.24) is 9.97 Å². The third-order valence-corrected chi connectivity index (χ3v) is 3.48. The van der Waals surface area contributed by atoms with Gasteiger partial charge in [0.2, 0.25) is 0 Å². The summed E-state index contributed by atoms with van der Waals surface area (Å²) in [5, 5.41) is 3.14. The molecule has 1 heterocycles. The zero-order chi connectivity index (χ0) is 15.4. The Bertz CT molecular complexity index is 628. The predicted octanol–water partition coefficient (Wildman–Crippen LogP) is 3.17. The van der Waals surface area contributed by atoms with Gasteiger partial charge in [-0.25, -0.2) is 9.97 Å². The quantitative estimate of drug-likeness (QED) is 0.915. The fraction of sp³-hybridized carbons (Fsp3) is 0.375. The van der Waals surface area contributed by atoms with E-state index in [0.29, 0.717) is 0 Å². The molecule has 0 aliphatic carbocycles. The van der Waals surface area contributed by atoms with Crippen LogP contribution in [0.25, 0.3) is 0 Å². The molecule has 2 aromatic rings. The van der Waals surface area contributed by atoms with Crippen LogP contribution in [0.3, 0.4) is 0 Å². The van der Waals surface area contributed by atoms with Gasteiger partial charge in [0.05, 0.1) is 12.8 Å². The maximum Gasteiger partial charge on any atom is 0.142 e. The average molecular weight is 286 g/mol. The lowest BCUT2D eigenvalue weighted by Gasteiger charge is -2.23. The normalized spacial score (nSPS) is 10.3. The minimum absolute atomic E-state index is 0.793. The fourth-order valence-corrected chi connectivity index (χ4v) is 2.30. The maximum absolute atomic E-state index is 5.44. The standard InChI is InChI=1S/C16H22N4O/c1-6-14-18-15(17-3)11(2)16(19-14)20(4)12-9-7-8-10-13(12)21-5/h7-10H,6H2,1-5H3,(H,17,18,19). The molecule has 1 aromatic carbocycles. The molecule has 0 aliphatic rings. The van der Waals surface area contributed by atoms with Gasteiger partial charge in [-0.05, 0) is 19.1 Å². The molecule has 0 aliphatic heterocycles. The first-order chi connectivity index (χ1) is 10.1. The molecular formula is C16H22N4O. The number of nitrogens with one attached hydrogen (secondary N) is 1. The fourth-order valence-electron chi connectivity index (χ4n) is 2.30. The van der Waals surface area contributed by atoms with Gasteiger partial charge in [-0.15, -0.1) is 0 Å². The number of anilines is 3. The molecule has 1 aromatic heterocycles. The molecule has 112 valence electrons. The first-order valence-corrected chi connectivity index (χ1v) is 7.04. The van der Waals surface area contributed by atoms with Crippen LogP contribution in [0, 0.1) is 6.92 Å². The number of aryl methyl sites for hydroxylation is 1. The summed E-state index contributed by atoms with van der Waals surface area (Å²) in [6.07, 6.45) is 0.793. The Balaban J connectivity index is 2.54. The van der Waals surface area contributed by atoms with E-state index in [2.05, 4.69) is 22.2 Å². The van der Waals surface area contributed by atoms with E-state index in [-0.39, 0.29) is 0 Å². The molecule has 0 saturated heterocycles. The second kappa shape index (κ2) is 6.43. The summed E-state index contributed by atoms with van der Waals surface area (Å²) in [5.41, 5.74) is 1.99. The maximum atomic E-state index is 5.44. The van der Waals surface area contributed by atoms with Gasteiger partial charge in [-0.1, -0.05) is 19.1 Å². The number of benzene rings is 1. The lowest BCUT2D eigenvalue weighted by molar-refractivity contribution is 0.415. The van der Waals surface area contributed by atoms with Crippen LogP contribution in [-0.4, -0.2) is 31.2 Å². The third-order valence-electron chi connectivity index (χ3n) is 3.48. The monoisotopic (exact) mass is 286 g/mol. The average Bonchev–Trinajstić information content (AvgIpc) is 2.54. The Kier molecular flexibility index (Phi) is 4.62. The Morgan fingerprint density at radius 1 is 1.24 bits per heavy atom. The number of ether oxygens (including phenoxy) is 1. The molecule has 21 heavy (non-hydrogen) atoms. The highest BCUT2D eigenvalue weighted by atomic mass is 16.5. The molecule has 5 heteroatoms. The molecule has 0 spiro atoms. The second-order valence-electron chi connectivity index (χ2n) is 4.77. The van der Waals surface area contributed by atoms with Gasteiger partial charge in [-0.3, -0.25) is 0 Å². The highest BCUT2D eigenvalue weighted by Crippen LogP contribution is 2.34. The van der Waals surface area contributed by atoms with Crippen molar-refractivity contribution in [2.75, 3.05) is 31.4 Å². The Morgan fingerprint density at radius 2 is 1.95 bits per heavy atom. The number of hydrogen-bond acceptors (Lipinski definition) is 5. The minimum Gasteiger partial charge on any atom is -0.495 e. The molecule has 0 unspecified atom stereocenters. The van der Waals surface area contributed by atoms with E-state index in [1.54, 1.807) is 7.11 Å². The van der Waals surface area contributed by atoms with Gasteiger partial charge in [0.1, 0.15) is 23.2 Å². The van der Waals surface area contributed by atoms with Crippen LogP contribution in [0.1, 0.15) is 18.3 Å². The summed E-state index contributed by atoms with van der Waals surface area (Å²) in [4.78, 5) is 11.2.